The summed E-state index contributed by atoms with van der Waals surface area (Å²) >= 11 is 3.59. The van der Waals surface area contributed by atoms with Crippen molar-refractivity contribution in [2.24, 2.45) is 7.05 Å². The maximum absolute atomic E-state index is 4.30. The number of hydrogen-bond acceptors (Lipinski definition) is 4. The van der Waals surface area contributed by atoms with Gasteiger partial charge in [-0.1, -0.05) is 6.07 Å². The van der Waals surface area contributed by atoms with Crippen molar-refractivity contribution in [3.8, 4) is 10.4 Å². The van der Waals surface area contributed by atoms with Crippen LogP contribution in [0.4, 0.5) is 0 Å². The summed E-state index contributed by atoms with van der Waals surface area (Å²) in [4.78, 5) is 7.00. The Morgan fingerprint density at radius 2 is 2.26 bits per heavy atom. The highest BCUT2D eigenvalue weighted by atomic mass is 32.1. The summed E-state index contributed by atoms with van der Waals surface area (Å²) < 4.78 is 2.04. The Bertz CT molecular complexity index is 637. The number of rotatable bonds is 5. The van der Waals surface area contributed by atoms with E-state index < -0.39 is 0 Å². The summed E-state index contributed by atoms with van der Waals surface area (Å²) in [6.45, 7) is 1.69. The van der Waals surface area contributed by atoms with Crippen LogP contribution in [0.25, 0.3) is 10.4 Å². The van der Waals surface area contributed by atoms with Crippen molar-refractivity contribution in [2.45, 2.75) is 13.1 Å². The largest absolute Gasteiger partial charge is 0.337 e. The molecule has 0 spiro atoms. The first-order valence-electron chi connectivity index (χ1n) is 6.11. The molecule has 5 heteroatoms. The number of hydrogen-bond donors (Lipinski definition) is 1. The lowest BCUT2D eigenvalue weighted by atomic mass is 10.2. The molecule has 3 nitrogen and oxygen atoms in total. The zero-order valence-corrected chi connectivity index (χ0v) is 12.3. The Morgan fingerprint density at radius 3 is 3.00 bits per heavy atom. The van der Waals surface area contributed by atoms with Crippen LogP contribution in [0.1, 0.15) is 10.7 Å². The van der Waals surface area contributed by atoms with E-state index in [0.29, 0.717) is 0 Å². The third-order valence-corrected chi connectivity index (χ3v) is 4.82. The molecular formula is C14H15N3S2. The van der Waals surface area contributed by atoms with Crippen LogP contribution >= 0.6 is 22.7 Å². The van der Waals surface area contributed by atoms with E-state index in [0.717, 1.165) is 18.9 Å². The van der Waals surface area contributed by atoms with E-state index in [4.69, 9.17) is 0 Å². The molecule has 3 aromatic heterocycles. The van der Waals surface area contributed by atoms with E-state index in [1.165, 1.54) is 15.3 Å². The molecule has 0 aliphatic heterocycles. The molecule has 0 atom stereocenters. The lowest BCUT2D eigenvalue weighted by Crippen LogP contribution is -2.14. The molecule has 98 valence electrons. The topological polar surface area (TPSA) is 29.9 Å². The van der Waals surface area contributed by atoms with Gasteiger partial charge < -0.3 is 9.88 Å². The zero-order chi connectivity index (χ0) is 13.1. The van der Waals surface area contributed by atoms with E-state index in [9.17, 15) is 0 Å². The molecule has 3 aromatic rings. The molecule has 3 rings (SSSR count). The van der Waals surface area contributed by atoms with E-state index in [2.05, 4.69) is 39.3 Å². The number of nitrogens with zero attached hydrogens (tertiary/aromatic N) is 2. The van der Waals surface area contributed by atoms with E-state index in [1.54, 1.807) is 22.7 Å². The second-order valence-corrected chi connectivity index (χ2v) is 6.28. The van der Waals surface area contributed by atoms with Gasteiger partial charge in [0.25, 0.3) is 0 Å². The van der Waals surface area contributed by atoms with Crippen LogP contribution in [-0.2, 0) is 20.1 Å². The van der Waals surface area contributed by atoms with Gasteiger partial charge in [-0.15, -0.1) is 22.7 Å². The van der Waals surface area contributed by atoms with Gasteiger partial charge in [0.15, 0.2) is 0 Å². The third kappa shape index (κ3) is 2.94. The SMILES string of the molecule is Cn1ccnc1CNCc1cc(-c2cccs2)cs1. The molecular weight excluding hydrogens is 274 g/mol. The molecule has 0 saturated heterocycles. The first-order chi connectivity index (χ1) is 9.33. The average Bonchev–Trinajstić information content (AvgIpc) is 3.11. The van der Waals surface area contributed by atoms with Crippen molar-refractivity contribution >= 4 is 22.7 Å². The summed E-state index contributed by atoms with van der Waals surface area (Å²) in [5, 5.41) is 7.78. The van der Waals surface area contributed by atoms with Crippen LogP contribution in [0, 0.1) is 0 Å². The summed E-state index contributed by atoms with van der Waals surface area (Å²) in [5.74, 6) is 1.06. The lowest BCUT2D eigenvalue weighted by Gasteiger charge is -2.03. The summed E-state index contributed by atoms with van der Waals surface area (Å²) in [7, 11) is 2.02. The molecule has 3 heterocycles. The van der Waals surface area contributed by atoms with E-state index >= 15 is 0 Å². The quantitative estimate of drug-likeness (QED) is 0.779. The van der Waals surface area contributed by atoms with Gasteiger partial charge >= 0.3 is 0 Å². The van der Waals surface area contributed by atoms with Crippen molar-refractivity contribution in [3.63, 3.8) is 0 Å². The Labute approximate surface area is 120 Å². The number of aromatic nitrogens is 2. The van der Waals surface area contributed by atoms with Gasteiger partial charge in [-0.3, -0.25) is 0 Å². The van der Waals surface area contributed by atoms with E-state index in [1.807, 2.05) is 24.0 Å². The highest BCUT2D eigenvalue weighted by Crippen LogP contribution is 2.29. The van der Waals surface area contributed by atoms with Gasteiger partial charge in [0, 0.05) is 41.3 Å². The number of imidazole rings is 1. The van der Waals surface area contributed by atoms with Crippen LogP contribution < -0.4 is 5.32 Å². The Morgan fingerprint density at radius 1 is 1.32 bits per heavy atom. The van der Waals surface area contributed by atoms with Crippen LogP contribution in [0.3, 0.4) is 0 Å². The molecule has 0 aliphatic rings. The van der Waals surface area contributed by atoms with Crippen LogP contribution in [0.2, 0.25) is 0 Å². The van der Waals surface area contributed by atoms with Crippen molar-refractivity contribution in [1.82, 2.24) is 14.9 Å². The summed E-state index contributed by atoms with van der Waals surface area (Å²) in [6.07, 6.45) is 3.80. The summed E-state index contributed by atoms with van der Waals surface area (Å²) in [5.41, 5.74) is 1.33. The van der Waals surface area contributed by atoms with Gasteiger partial charge in [0.1, 0.15) is 5.82 Å². The van der Waals surface area contributed by atoms with Gasteiger partial charge in [-0.2, -0.15) is 0 Å². The van der Waals surface area contributed by atoms with E-state index in [-0.39, 0.29) is 0 Å². The maximum atomic E-state index is 4.30. The molecule has 19 heavy (non-hydrogen) atoms. The molecule has 0 aromatic carbocycles. The van der Waals surface area contributed by atoms with Crippen LogP contribution in [0.5, 0.6) is 0 Å². The third-order valence-electron chi connectivity index (χ3n) is 2.96. The standard InChI is InChI=1S/C14H15N3S2/c1-17-5-4-16-14(17)9-15-8-12-7-11(10-19-12)13-3-2-6-18-13/h2-7,10,15H,8-9H2,1H3. The fourth-order valence-corrected chi connectivity index (χ4v) is 3.55. The Balaban J connectivity index is 1.58. The predicted molar refractivity (Wildman–Crippen MR) is 81.4 cm³/mol. The molecule has 1 N–H and O–H groups in total. The fourth-order valence-electron chi connectivity index (χ4n) is 1.91. The first-order valence-corrected chi connectivity index (χ1v) is 7.87. The van der Waals surface area contributed by atoms with Crippen molar-refractivity contribution in [1.29, 1.82) is 0 Å². The van der Waals surface area contributed by atoms with Crippen LogP contribution in [0.15, 0.2) is 41.4 Å². The number of thiophene rings is 2. The molecule has 0 aliphatic carbocycles. The van der Waals surface area contributed by atoms with Gasteiger partial charge in [0.2, 0.25) is 0 Å². The zero-order valence-electron chi connectivity index (χ0n) is 10.7. The second-order valence-electron chi connectivity index (χ2n) is 4.34. The van der Waals surface area contributed by atoms with Crippen molar-refractivity contribution in [2.75, 3.05) is 0 Å². The molecule has 0 radical (unpaired) electrons. The number of nitrogens with one attached hydrogen (secondary N) is 1. The average molecular weight is 289 g/mol. The minimum Gasteiger partial charge on any atom is -0.337 e. The lowest BCUT2D eigenvalue weighted by molar-refractivity contribution is 0.643. The smallest absolute Gasteiger partial charge is 0.122 e. The molecule has 0 unspecified atom stereocenters. The molecule has 0 saturated carbocycles. The maximum Gasteiger partial charge on any atom is 0.122 e. The summed E-state index contributed by atoms with van der Waals surface area (Å²) in [6, 6.07) is 6.52. The minimum atomic E-state index is 0.801. The van der Waals surface area contributed by atoms with Crippen molar-refractivity contribution in [3.05, 3.63) is 52.1 Å². The van der Waals surface area contributed by atoms with Crippen molar-refractivity contribution < 1.29 is 0 Å². The number of aryl methyl sites for hydroxylation is 1. The van der Waals surface area contributed by atoms with Crippen LogP contribution in [-0.4, -0.2) is 9.55 Å². The minimum absolute atomic E-state index is 0.801. The van der Waals surface area contributed by atoms with Gasteiger partial charge in [-0.25, -0.2) is 4.98 Å². The fraction of sp³-hybridized carbons (Fsp3) is 0.214. The highest BCUT2D eigenvalue weighted by molar-refractivity contribution is 7.14. The molecule has 0 fully saturated rings. The Kier molecular flexibility index (Phi) is 3.77. The highest BCUT2D eigenvalue weighted by Gasteiger charge is 2.04. The molecule has 0 amide bonds. The Hall–Kier alpha value is -1.43. The normalized spacial score (nSPS) is 11.0. The van der Waals surface area contributed by atoms with Gasteiger partial charge in [-0.05, 0) is 22.9 Å². The van der Waals surface area contributed by atoms with Gasteiger partial charge in [0.05, 0.1) is 6.54 Å². The first kappa shape index (κ1) is 12.6. The monoisotopic (exact) mass is 289 g/mol. The second kappa shape index (κ2) is 5.69. The predicted octanol–water partition coefficient (Wildman–Crippen LogP) is 3.50. The molecule has 0 bridgehead atoms.